The van der Waals surface area contributed by atoms with E-state index in [4.69, 9.17) is 12.2 Å². The first-order chi connectivity index (χ1) is 9.06. The average molecular weight is 277 g/mol. The van der Waals surface area contributed by atoms with Crippen molar-refractivity contribution < 1.29 is 0 Å². The van der Waals surface area contributed by atoms with Crippen LogP contribution in [-0.4, -0.2) is 48.1 Å². The molecule has 0 amide bonds. The van der Waals surface area contributed by atoms with E-state index in [9.17, 15) is 0 Å². The van der Waals surface area contributed by atoms with Gasteiger partial charge in [0.2, 0.25) is 0 Å². The van der Waals surface area contributed by atoms with Crippen LogP contribution in [0.15, 0.2) is 18.2 Å². The van der Waals surface area contributed by atoms with Crippen molar-refractivity contribution >= 4 is 23.0 Å². The van der Waals surface area contributed by atoms with Crippen LogP contribution in [0.5, 0.6) is 0 Å². The van der Waals surface area contributed by atoms with Gasteiger partial charge in [0.15, 0.2) is 5.11 Å². The van der Waals surface area contributed by atoms with Gasteiger partial charge >= 0.3 is 0 Å². The fourth-order valence-corrected chi connectivity index (χ4v) is 2.57. The lowest BCUT2D eigenvalue weighted by molar-refractivity contribution is 0.347. The van der Waals surface area contributed by atoms with Crippen LogP contribution in [0.25, 0.3) is 0 Å². The number of hydrogen-bond acceptors (Lipinski definition) is 2. The Bertz CT molecular complexity index is 459. The Balaban J connectivity index is 1.98. The molecule has 1 aliphatic heterocycles. The molecule has 1 aromatic rings. The quantitative estimate of drug-likeness (QED) is 0.795. The third-order valence-electron chi connectivity index (χ3n) is 3.76. The van der Waals surface area contributed by atoms with Crippen LogP contribution in [0, 0.1) is 13.8 Å². The molecule has 0 radical (unpaired) electrons. The first-order valence-electron chi connectivity index (χ1n) is 6.88. The number of hydrogen-bond donors (Lipinski definition) is 1. The highest BCUT2D eigenvalue weighted by molar-refractivity contribution is 7.80. The van der Waals surface area contributed by atoms with Gasteiger partial charge in [0.05, 0.1) is 0 Å². The van der Waals surface area contributed by atoms with Crippen molar-refractivity contribution in [1.82, 2.24) is 9.80 Å². The van der Waals surface area contributed by atoms with Crippen LogP contribution in [0.1, 0.15) is 17.5 Å². The minimum atomic E-state index is 0.846. The van der Waals surface area contributed by atoms with Crippen molar-refractivity contribution in [3.63, 3.8) is 0 Å². The summed E-state index contributed by atoms with van der Waals surface area (Å²) in [6.07, 6.45) is 1.17. The highest BCUT2D eigenvalue weighted by atomic mass is 32.1. The number of nitrogens with zero attached hydrogens (tertiary/aromatic N) is 2. The molecule has 4 heteroatoms. The SMILES string of the molecule is Cc1ccc(NC(=S)N2CCCN(C)CC2)cc1C. The van der Waals surface area contributed by atoms with Crippen LogP contribution < -0.4 is 5.32 Å². The summed E-state index contributed by atoms with van der Waals surface area (Å²) in [7, 11) is 2.17. The third-order valence-corrected chi connectivity index (χ3v) is 4.13. The first-order valence-corrected chi connectivity index (χ1v) is 7.29. The van der Waals surface area contributed by atoms with Crippen LogP contribution in [0.3, 0.4) is 0 Å². The molecule has 1 aromatic carbocycles. The predicted octanol–water partition coefficient (Wildman–Crippen LogP) is 2.64. The lowest BCUT2D eigenvalue weighted by Crippen LogP contribution is -2.37. The lowest BCUT2D eigenvalue weighted by Gasteiger charge is -2.24. The van der Waals surface area contributed by atoms with E-state index in [2.05, 4.69) is 54.2 Å². The van der Waals surface area contributed by atoms with Crippen LogP contribution >= 0.6 is 12.2 Å². The van der Waals surface area contributed by atoms with Gasteiger partial charge in [0.25, 0.3) is 0 Å². The van der Waals surface area contributed by atoms with Gasteiger partial charge in [-0.15, -0.1) is 0 Å². The number of nitrogens with one attached hydrogen (secondary N) is 1. The van der Waals surface area contributed by atoms with E-state index < -0.39 is 0 Å². The summed E-state index contributed by atoms with van der Waals surface area (Å²) in [5, 5.41) is 4.21. The summed E-state index contributed by atoms with van der Waals surface area (Å²) in [6.45, 7) is 8.54. The molecule has 1 saturated heterocycles. The lowest BCUT2D eigenvalue weighted by atomic mass is 10.1. The molecule has 0 unspecified atom stereocenters. The highest BCUT2D eigenvalue weighted by Gasteiger charge is 2.14. The van der Waals surface area contributed by atoms with E-state index in [0.717, 1.165) is 37.0 Å². The number of rotatable bonds is 1. The van der Waals surface area contributed by atoms with Gasteiger partial charge in [-0.3, -0.25) is 0 Å². The first kappa shape index (κ1) is 14.3. The zero-order valence-electron chi connectivity index (χ0n) is 12.1. The minimum absolute atomic E-state index is 0.846. The van der Waals surface area contributed by atoms with Crippen molar-refractivity contribution in [1.29, 1.82) is 0 Å². The van der Waals surface area contributed by atoms with E-state index in [-0.39, 0.29) is 0 Å². The number of anilines is 1. The summed E-state index contributed by atoms with van der Waals surface area (Å²) in [5.41, 5.74) is 3.70. The summed E-state index contributed by atoms with van der Waals surface area (Å²) in [4.78, 5) is 4.63. The van der Waals surface area contributed by atoms with E-state index in [1.807, 2.05) is 0 Å². The Labute approximate surface area is 121 Å². The van der Waals surface area contributed by atoms with Gasteiger partial charge in [0.1, 0.15) is 0 Å². The molecule has 0 aliphatic carbocycles. The number of thiocarbonyl (C=S) groups is 1. The summed E-state index contributed by atoms with van der Waals surface area (Å²) in [6, 6.07) is 6.39. The molecule has 1 fully saturated rings. The van der Waals surface area contributed by atoms with Crippen LogP contribution in [0.4, 0.5) is 5.69 Å². The Kier molecular flexibility index (Phi) is 4.77. The van der Waals surface area contributed by atoms with Gasteiger partial charge in [-0.05, 0) is 69.3 Å². The van der Waals surface area contributed by atoms with Crippen molar-refractivity contribution in [3.05, 3.63) is 29.3 Å². The molecular weight excluding hydrogens is 254 g/mol. The smallest absolute Gasteiger partial charge is 0.173 e. The zero-order valence-corrected chi connectivity index (χ0v) is 12.9. The Hall–Kier alpha value is -1.13. The van der Waals surface area contributed by atoms with E-state index in [0.29, 0.717) is 0 Å². The molecule has 1 N–H and O–H groups in total. The molecule has 104 valence electrons. The second-order valence-corrected chi connectivity index (χ2v) is 5.76. The normalized spacial score (nSPS) is 17.1. The molecule has 0 saturated carbocycles. The second-order valence-electron chi connectivity index (χ2n) is 5.37. The van der Waals surface area contributed by atoms with Crippen LogP contribution in [-0.2, 0) is 0 Å². The van der Waals surface area contributed by atoms with Crippen molar-refractivity contribution in [2.45, 2.75) is 20.3 Å². The Morgan fingerprint density at radius 2 is 1.89 bits per heavy atom. The molecule has 1 aliphatic rings. The standard InChI is InChI=1S/C15H23N3S/c1-12-5-6-14(11-13(12)2)16-15(19)18-8-4-7-17(3)9-10-18/h5-6,11H,4,7-10H2,1-3H3,(H,16,19). The maximum atomic E-state index is 5.53. The second kappa shape index (κ2) is 6.35. The maximum Gasteiger partial charge on any atom is 0.173 e. The third kappa shape index (κ3) is 3.91. The topological polar surface area (TPSA) is 18.5 Å². The highest BCUT2D eigenvalue weighted by Crippen LogP contribution is 2.15. The van der Waals surface area contributed by atoms with E-state index in [1.165, 1.54) is 17.5 Å². The fourth-order valence-electron chi connectivity index (χ4n) is 2.27. The van der Waals surface area contributed by atoms with Crippen molar-refractivity contribution in [3.8, 4) is 0 Å². The molecule has 0 spiro atoms. The molecule has 19 heavy (non-hydrogen) atoms. The summed E-state index contributed by atoms with van der Waals surface area (Å²) >= 11 is 5.53. The molecule has 0 bridgehead atoms. The largest absolute Gasteiger partial charge is 0.348 e. The van der Waals surface area contributed by atoms with Crippen LogP contribution in [0.2, 0.25) is 0 Å². The number of likely N-dealkylation sites (N-methyl/N-ethyl adjacent to an activating group) is 1. The maximum absolute atomic E-state index is 5.53. The zero-order chi connectivity index (χ0) is 13.8. The minimum Gasteiger partial charge on any atom is -0.348 e. The number of benzene rings is 1. The van der Waals surface area contributed by atoms with Gasteiger partial charge < -0.3 is 15.1 Å². The average Bonchev–Trinajstić information content (AvgIpc) is 2.59. The summed E-state index contributed by atoms with van der Waals surface area (Å²) < 4.78 is 0. The molecule has 0 aromatic heterocycles. The van der Waals surface area contributed by atoms with Gasteiger partial charge in [-0.1, -0.05) is 6.07 Å². The summed E-state index contributed by atoms with van der Waals surface area (Å²) in [5.74, 6) is 0. The van der Waals surface area contributed by atoms with Gasteiger partial charge in [-0.2, -0.15) is 0 Å². The molecular formula is C15H23N3S. The predicted molar refractivity (Wildman–Crippen MR) is 85.8 cm³/mol. The van der Waals surface area contributed by atoms with Crippen molar-refractivity contribution in [2.24, 2.45) is 0 Å². The van der Waals surface area contributed by atoms with Crippen molar-refractivity contribution in [2.75, 3.05) is 38.5 Å². The van der Waals surface area contributed by atoms with Gasteiger partial charge in [0, 0.05) is 25.3 Å². The van der Waals surface area contributed by atoms with E-state index in [1.54, 1.807) is 0 Å². The fraction of sp³-hybridized carbons (Fsp3) is 0.533. The van der Waals surface area contributed by atoms with E-state index >= 15 is 0 Å². The molecule has 0 atom stereocenters. The Morgan fingerprint density at radius 1 is 1.11 bits per heavy atom. The number of aryl methyl sites for hydroxylation is 2. The molecule has 3 nitrogen and oxygen atoms in total. The molecule has 1 heterocycles. The van der Waals surface area contributed by atoms with Gasteiger partial charge in [-0.25, -0.2) is 0 Å². The molecule has 2 rings (SSSR count). The Morgan fingerprint density at radius 3 is 2.63 bits per heavy atom. The monoisotopic (exact) mass is 277 g/mol.